The summed E-state index contributed by atoms with van der Waals surface area (Å²) in [6, 6.07) is 0.696. The summed E-state index contributed by atoms with van der Waals surface area (Å²) in [5, 5.41) is 16.0. The van der Waals surface area contributed by atoms with Gasteiger partial charge in [-0.05, 0) is 49.9 Å². The zero-order valence-electron chi connectivity index (χ0n) is 10.1. The third-order valence-corrected chi connectivity index (χ3v) is 4.47. The molecule has 1 N–H and O–H groups in total. The van der Waals surface area contributed by atoms with Gasteiger partial charge in [-0.1, -0.05) is 0 Å². The minimum Gasteiger partial charge on any atom is -0.311 e. The average Bonchev–Trinajstić information content (AvgIpc) is 2.95. The highest BCUT2D eigenvalue weighted by Gasteiger charge is 2.28. The highest BCUT2D eigenvalue weighted by Crippen LogP contribution is 2.36. The maximum atomic E-state index is 4.14. The van der Waals surface area contributed by atoms with Gasteiger partial charge in [-0.3, -0.25) is 0 Å². The lowest BCUT2D eigenvalue weighted by atomic mass is 10.2. The minimum absolute atomic E-state index is 0.211. The van der Waals surface area contributed by atoms with Crippen LogP contribution < -0.4 is 5.32 Å². The summed E-state index contributed by atoms with van der Waals surface area (Å²) in [5.41, 5.74) is 0. The van der Waals surface area contributed by atoms with Gasteiger partial charge < -0.3 is 5.32 Å². The van der Waals surface area contributed by atoms with Crippen LogP contribution in [0, 0.1) is 0 Å². The van der Waals surface area contributed by atoms with Gasteiger partial charge in [-0.25, -0.2) is 4.68 Å². The van der Waals surface area contributed by atoms with Crippen LogP contribution in [0.5, 0.6) is 0 Å². The molecule has 0 radical (unpaired) electrons. The molecule has 0 spiro atoms. The van der Waals surface area contributed by atoms with Crippen molar-refractivity contribution in [3.05, 3.63) is 5.82 Å². The number of aromatic nitrogens is 4. The molecule has 1 saturated carbocycles. The van der Waals surface area contributed by atoms with Crippen LogP contribution in [0.4, 0.5) is 0 Å². The van der Waals surface area contributed by atoms with E-state index in [1.54, 1.807) is 0 Å². The normalized spacial score (nSPS) is 27.2. The van der Waals surface area contributed by atoms with E-state index in [9.17, 15) is 0 Å². The molecule has 3 atom stereocenters. The van der Waals surface area contributed by atoms with E-state index in [0.29, 0.717) is 6.04 Å². The fourth-order valence-corrected chi connectivity index (χ4v) is 3.01. The summed E-state index contributed by atoms with van der Waals surface area (Å²) in [6.45, 7) is 2.09. The lowest BCUT2D eigenvalue weighted by Gasteiger charge is -2.15. The predicted molar refractivity (Wildman–Crippen MR) is 65.5 cm³/mol. The van der Waals surface area contributed by atoms with Crippen molar-refractivity contribution in [1.82, 2.24) is 25.5 Å². The van der Waals surface area contributed by atoms with E-state index >= 15 is 0 Å². The molecule has 90 valence electrons. The largest absolute Gasteiger partial charge is 0.311 e. The lowest BCUT2D eigenvalue weighted by Crippen LogP contribution is -2.20. The smallest absolute Gasteiger partial charge is 0.168 e. The molecule has 1 aliphatic carbocycles. The molecule has 0 bridgehead atoms. The van der Waals surface area contributed by atoms with Crippen LogP contribution in [0.1, 0.15) is 44.1 Å². The second-order valence-electron chi connectivity index (χ2n) is 4.32. The van der Waals surface area contributed by atoms with Gasteiger partial charge >= 0.3 is 0 Å². The number of hydrogen-bond donors (Lipinski definition) is 1. The van der Waals surface area contributed by atoms with Crippen molar-refractivity contribution in [2.24, 2.45) is 0 Å². The Morgan fingerprint density at radius 2 is 2.31 bits per heavy atom. The molecule has 1 aromatic heterocycles. The van der Waals surface area contributed by atoms with Gasteiger partial charge in [0.25, 0.3) is 0 Å². The molecule has 0 aromatic carbocycles. The molecule has 2 rings (SSSR count). The fourth-order valence-electron chi connectivity index (χ4n) is 2.23. The molecular formula is C10H19N5S. The standard InChI is InChI=1S/C10H19N5S/c1-7(11-2)10-12-13-14-15(10)8-4-5-9(6-8)16-3/h7-9,11H,4-6H2,1-3H3. The SMILES string of the molecule is CNC(C)c1nnnn1C1CCC(SC)C1. The Kier molecular flexibility index (Phi) is 3.81. The highest BCUT2D eigenvalue weighted by molar-refractivity contribution is 7.99. The zero-order chi connectivity index (χ0) is 11.5. The third-order valence-electron chi connectivity index (χ3n) is 3.37. The van der Waals surface area contributed by atoms with E-state index in [-0.39, 0.29) is 6.04 Å². The molecule has 1 aliphatic rings. The molecule has 5 nitrogen and oxygen atoms in total. The van der Waals surface area contributed by atoms with Crippen LogP contribution in [0.15, 0.2) is 0 Å². The summed E-state index contributed by atoms with van der Waals surface area (Å²) in [6.07, 6.45) is 5.85. The van der Waals surface area contributed by atoms with E-state index in [0.717, 1.165) is 11.1 Å². The van der Waals surface area contributed by atoms with E-state index in [2.05, 4.69) is 34.0 Å². The second kappa shape index (κ2) is 5.14. The monoisotopic (exact) mass is 241 g/mol. The quantitative estimate of drug-likeness (QED) is 0.864. The van der Waals surface area contributed by atoms with Crippen molar-refractivity contribution in [2.45, 2.75) is 43.5 Å². The van der Waals surface area contributed by atoms with E-state index in [1.165, 1.54) is 19.3 Å². The molecule has 6 heteroatoms. The topological polar surface area (TPSA) is 55.6 Å². The first kappa shape index (κ1) is 11.9. The van der Waals surface area contributed by atoms with Crippen molar-refractivity contribution in [2.75, 3.05) is 13.3 Å². The Morgan fingerprint density at radius 1 is 1.50 bits per heavy atom. The van der Waals surface area contributed by atoms with Crippen molar-refractivity contribution < 1.29 is 0 Å². The number of rotatable bonds is 4. The van der Waals surface area contributed by atoms with Crippen LogP contribution in [0.25, 0.3) is 0 Å². The molecule has 3 unspecified atom stereocenters. The fraction of sp³-hybridized carbons (Fsp3) is 0.900. The number of hydrogen-bond acceptors (Lipinski definition) is 5. The Morgan fingerprint density at radius 3 is 2.94 bits per heavy atom. The molecule has 1 fully saturated rings. The van der Waals surface area contributed by atoms with Crippen LogP contribution in [-0.4, -0.2) is 38.8 Å². The van der Waals surface area contributed by atoms with Crippen LogP contribution in [0.2, 0.25) is 0 Å². The van der Waals surface area contributed by atoms with Gasteiger partial charge in [-0.15, -0.1) is 5.10 Å². The van der Waals surface area contributed by atoms with Crippen molar-refractivity contribution in [3.63, 3.8) is 0 Å². The Labute approximate surface area is 100 Å². The molecular weight excluding hydrogens is 222 g/mol. The summed E-state index contributed by atoms with van der Waals surface area (Å²) >= 11 is 1.96. The van der Waals surface area contributed by atoms with Gasteiger partial charge in [0, 0.05) is 5.25 Å². The summed E-state index contributed by atoms with van der Waals surface area (Å²) in [7, 11) is 1.93. The summed E-state index contributed by atoms with van der Waals surface area (Å²) < 4.78 is 2.01. The van der Waals surface area contributed by atoms with E-state index < -0.39 is 0 Å². The molecule has 0 saturated heterocycles. The van der Waals surface area contributed by atoms with Crippen molar-refractivity contribution in [1.29, 1.82) is 0 Å². The lowest BCUT2D eigenvalue weighted by molar-refractivity contribution is 0.418. The number of tetrazole rings is 1. The maximum Gasteiger partial charge on any atom is 0.168 e. The molecule has 0 aliphatic heterocycles. The van der Waals surface area contributed by atoms with Gasteiger partial charge in [-0.2, -0.15) is 11.8 Å². The van der Waals surface area contributed by atoms with Crippen LogP contribution in [0.3, 0.4) is 0 Å². The van der Waals surface area contributed by atoms with E-state index in [4.69, 9.17) is 0 Å². The summed E-state index contributed by atoms with van der Waals surface area (Å²) in [4.78, 5) is 0. The molecule has 0 amide bonds. The summed E-state index contributed by atoms with van der Waals surface area (Å²) in [5.74, 6) is 0.953. The first-order valence-corrected chi connectivity index (χ1v) is 7.02. The van der Waals surface area contributed by atoms with Gasteiger partial charge in [0.05, 0.1) is 12.1 Å². The van der Waals surface area contributed by atoms with Gasteiger partial charge in [0.1, 0.15) is 0 Å². The first-order valence-electron chi connectivity index (χ1n) is 5.74. The van der Waals surface area contributed by atoms with Crippen molar-refractivity contribution in [3.8, 4) is 0 Å². The maximum absolute atomic E-state index is 4.14. The number of nitrogens with zero attached hydrogens (tertiary/aromatic N) is 4. The first-order chi connectivity index (χ1) is 7.76. The third kappa shape index (κ3) is 2.22. The Bertz CT molecular complexity index is 340. The Balaban J connectivity index is 2.12. The van der Waals surface area contributed by atoms with Crippen molar-refractivity contribution >= 4 is 11.8 Å². The predicted octanol–water partition coefficient (Wildman–Crippen LogP) is 1.41. The molecule has 1 aromatic rings. The van der Waals surface area contributed by atoms with Gasteiger partial charge in [0.2, 0.25) is 0 Å². The van der Waals surface area contributed by atoms with Crippen LogP contribution in [-0.2, 0) is 0 Å². The number of thioether (sulfide) groups is 1. The van der Waals surface area contributed by atoms with Crippen LogP contribution >= 0.6 is 11.8 Å². The second-order valence-corrected chi connectivity index (χ2v) is 5.45. The molecule has 1 heterocycles. The number of nitrogens with one attached hydrogen (secondary N) is 1. The highest BCUT2D eigenvalue weighted by atomic mass is 32.2. The molecule has 16 heavy (non-hydrogen) atoms. The average molecular weight is 241 g/mol. The zero-order valence-corrected chi connectivity index (χ0v) is 10.9. The minimum atomic E-state index is 0.211. The van der Waals surface area contributed by atoms with Gasteiger partial charge in [0.15, 0.2) is 5.82 Å². The van der Waals surface area contributed by atoms with E-state index in [1.807, 2.05) is 23.5 Å². The Hall–Kier alpha value is -0.620.